The molecule has 1 aliphatic carbocycles. The van der Waals surface area contributed by atoms with Crippen LogP contribution in [0, 0.1) is 6.92 Å². The molecule has 1 aliphatic heterocycles. The second-order valence-electron chi connectivity index (χ2n) is 8.26. The molecule has 5 atom stereocenters. The van der Waals surface area contributed by atoms with Gasteiger partial charge in [-0.15, -0.1) is 0 Å². The predicted octanol–water partition coefficient (Wildman–Crippen LogP) is -0.835. The number of carbonyl (C=O) groups excluding carboxylic acids is 2. The van der Waals surface area contributed by atoms with E-state index in [-0.39, 0.29) is 5.56 Å². The number of aromatic hydroxyl groups is 4. The van der Waals surface area contributed by atoms with Crippen molar-refractivity contribution in [2.24, 2.45) is 0 Å². The second kappa shape index (κ2) is 8.61. The van der Waals surface area contributed by atoms with Crippen molar-refractivity contribution in [1.82, 2.24) is 0 Å². The summed E-state index contributed by atoms with van der Waals surface area (Å²) in [5.41, 5.74) is -4.08. The molecule has 14 heteroatoms. The molecule has 0 saturated carbocycles. The fourth-order valence-corrected chi connectivity index (χ4v) is 4.55. The highest BCUT2D eigenvalue weighted by atomic mass is 16.7. The summed E-state index contributed by atoms with van der Waals surface area (Å²) in [5.74, 6) is -7.30. The van der Waals surface area contributed by atoms with E-state index < -0.39 is 111 Å². The Morgan fingerprint density at radius 2 is 1.50 bits per heavy atom. The number of ether oxygens (including phenoxy) is 2. The van der Waals surface area contributed by atoms with Crippen LogP contribution in [0.2, 0.25) is 0 Å². The molecule has 1 heterocycles. The van der Waals surface area contributed by atoms with Gasteiger partial charge in [0.25, 0.3) is 0 Å². The molecule has 36 heavy (non-hydrogen) atoms. The lowest BCUT2D eigenvalue weighted by Crippen LogP contribution is -2.55. The molecule has 2 aromatic rings. The highest BCUT2D eigenvalue weighted by Gasteiger charge is 2.49. The van der Waals surface area contributed by atoms with Crippen molar-refractivity contribution in [3.63, 3.8) is 0 Å². The molecule has 2 aromatic carbocycles. The average Bonchev–Trinajstić information content (AvgIpc) is 2.81. The lowest BCUT2D eigenvalue weighted by Gasteiger charge is -2.41. The van der Waals surface area contributed by atoms with Gasteiger partial charge in [-0.05, 0) is 6.92 Å². The molecule has 0 radical (unpaired) electrons. The van der Waals surface area contributed by atoms with Crippen LogP contribution in [0.5, 0.6) is 28.7 Å². The maximum absolute atomic E-state index is 13.6. The lowest BCUT2D eigenvalue weighted by atomic mass is 9.76. The van der Waals surface area contributed by atoms with E-state index in [9.17, 15) is 55.2 Å². The van der Waals surface area contributed by atoms with Crippen LogP contribution in [0.15, 0.2) is 6.07 Å². The Bertz CT molecular complexity index is 1310. The fraction of sp³-hybridized carbons (Fsp3) is 0.318. The smallest absolute Gasteiger partial charge is 0.507 e. The van der Waals surface area contributed by atoms with E-state index >= 15 is 0 Å². The van der Waals surface area contributed by atoms with Crippen LogP contribution in [0.4, 0.5) is 4.79 Å². The van der Waals surface area contributed by atoms with Crippen molar-refractivity contribution in [3.8, 4) is 28.7 Å². The standard InChI is InChI=1S/C22H20O14/c1-4-8-10(16(29)11-9(15(8)28)5(24)2-6(25)13(11)26)12(17(30)20(4)36-22(33)34)21-19(32)18(31)14(27)7(3-23)35-21/h2,7,14,18-19,21,23-27,30-32H,3H2,1H3,(H,33,34)/t7-,14-,18+,19-,21?/m1/s1. The third-order valence-electron chi connectivity index (χ3n) is 6.24. The van der Waals surface area contributed by atoms with E-state index in [1.807, 2.05) is 0 Å². The van der Waals surface area contributed by atoms with Crippen LogP contribution in [0.1, 0.15) is 49.1 Å². The third kappa shape index (κ3) is 3.42. The van der Waals surface area contributed by atoms with Crippen molar-refractivity contribution >= 4 is 17.7 Å². The van der Waals surface area contributed by atoms with Crippen LogP contribution in [-0.4, -0.2) is 94.7 Å². The summed E-state index contributed by atoms with van der Waals surface area (Å²) >= 11 is 0. The van der Waals surface area contributed by atoms with Gasteiger partial charge in [-0.1, -0.05) is 0 Å². The molecule has 14 nitrogen and oxygen atoms in total. The van der Waals surface area contributed by atoms with Gasteiger partial charge >= 0.3 is 6.16 Å². The molecule has 2 aliphatic rings. The number of phenolic OH excluding ortho intramolecular Hbond substituents is 4. The Balaban J connectivity index is 2.10. The van der Waals surface area contributed by atoms with Gasteiger partial charge < -0.3 is 55.4 Å². The number of carbonyl (C=O) groups is 3. The van der Waals surface area contributed by atoms with Gasteiger partial charge in [0.05, 0.1) is 17.7 Å². The molecule has 0 amide bonds. The van der Waals surface area contributed by atoms with Crippen molar-refractivity contribution in [2.45, 2.75) is 37.4 Å². The SMILES string of the molecule is Cc1c(OC(=O)O)c(O)c(C2O[C@H](CO)[C@@H](O)[C@H](O)[C@H]2O)c2c1C(=O)c1c(O)cc(O)c(O)c1C2=O. The Morgan fingerprint density at radius 1 is 0.889 bits per heavy atom. The summed E-state index contributed by atoms with van der Waals surface area (Å²) in [6.45, 7) is 0.217. The first-order valence-corrected chi connectivity index (χ1v) is 10.3. The molecule has 192 valence electrons. The maximum Gasteiger partial charge on any atom is 0.511 e. The Morgan fingerprint density at radius 3 is 2.08 bits per heavy atom. The molecule has 1 fully saturated rings. The van der Waals surface area contributed by atoms with E-state index in [4.69, 9.17) is 9.84 Å². The topological polar surface area (TPSA) is 252 Å². The van der Waals surface area contributed by atoms with Crippen LogP contribution in [0.25, 0.3) is 0 Å². The van der Waals surface area contributed by atoms with Gasteiger partial charge in [-0.25, -0.2) is 4.79 Å². The quantitative estimate of drug-likeness (QED) is 0.0906. The molecule has 0 spiro atoms. The molecule has 9 N–H and O–H groups in total. The molecular formula is C22H20O14. The minimum Gasteiger partial charge on any atom is -0.507 e. The van der Waals surface area contributed by atoms with Gasteiger partial charge in [0.1, 0.15) is 36.3 Å². The first-order valence-electron chi connectivity index (χ1n) is 10.3. The van der Waals surface area contributed by atoms with Gasteiger partial charge in [-0.2, -0.15) is 0 Å². The Kier molecular flexibility index (Phi) is 6.02. The Hall–Kier alpha value is -3.95. The van der Waals surface area contributed by atoms with E-state index in [1.165, 1.54) is 0 Å². The minimum atomic E-state index is -2.09. The minimum absolute atomic E-state index is 0.380. The summed E-state index contributed by atoms with van der Waals surface area (Å²) in [7, 11) is 0. The zero-order valence-electron chi connectivity index (χ0n) is 18.2. The highest BCUT2D eigenvalue weighted by molar-refractivity contribution is 6.32. The fourth-order valence-electron chi connectivity index (χ4n) is 4.55. The number of aliphatic hydroxyl groups excluding tert-OH is 4. The average molecular weight is 508 g/mol. The predicted molar refractivity (Wildman–Crippen MR) is 113 cm³/mol. The van der Waals surface area contributed by atoms with Crippen molar-refractivity contribution in [1.29, 1.82) is 0 Å². The number of fused-ring (bicyclic) bond motifs is 2. The number of hydrogen-bond donors (Lipinski definition) is 9. The van der Waals surface area contributed by atoms with E-state index in [1.54, 1.807) is 0 Å². The molecule has 4 rings (SSSR count). The zero-order valence-corrected chi connectivity index (χ0v) is 18.2. The van der Waals surface area contributed by atoms with Crippen molar-refractivity contribution in [2.75, 3.05) is 6.61 Å². The maximum atomic E-state index is 13.6. The van der Waals surface area contributed by atoms with Crippen LogP contribution >= 0.6 is 0 Å². The van der Waals surface area contributed by atoms with Crippen LogP contribution < -0.4 is 4.74 Å². The van der Waals surface area contributed by atoms with Gasteiger partial charge in [0.2, 0.25) is 0 Å². The van der Waals surface area contributed by atoms with E-state index in [0.717, 1.165) is 6.92 Å². The Labute approximate surface area is 200 Å². The zero-order chi connectivity index (χ0) is 26.8. The van der Waals surface area contributed by atoms with Crippen molar-refractivity contribution < 1.29 is 69.8 Å². The summed E-state index contributed by atoms with van der Waals surface area (Å²) in [6, 6.07) is 0.604. The van der Waals surface area contributed by atoms with Gasteiger partial charge in [0, 0.05) is 28.3 Å². The molecular weight excluding hydrogens is 488 g/mol. The largest absolute Gasteiger partial charge is 0.511 e. The monoisotopic (exact) mass is 508 g/mol. The molecule has 0 aromatic heterocycles. The summed E-state index contributed by atoms with van der Waals surface area (Å²) in [4.78, 5) is 38.3. The number of hydrogen-bond acceptors (Lipinski definition) is 13. The number of aliphatic hydroxyl groups is 4. The second-order valence-corrected chi connectivity index (χ2v) is 8.26. The number of phenols is 4. The van der Waals surface area contributed by atoms with Gasteiger partial charge in [0.15, 0.2) is 34.6 Å². The first kappa shape index (κ1) is 25.2. The number of benzene rings is 2. The number of carboxylic acid groups (broad SMARTS) is 1. The highest BCUT2D eigenvalue weighted by Crippen LogP contribution is 2.51. The number of ketones is 2. The van der Waals surface area contributed by atoms with Gasteiger partial charge in [-0.3, -0.25) is 9.59 Å². The lowest BCUT2D eigenvalue weighted by molar-refractivity contribution is -0.232. The van der Waals surface area contributed by atoms with Crippen LogP contribution in [-0.2, 0) is 4.74 Å². The first-order chi connectivity index (χ1) is 16.8. The number of rotatable bonds is 3. The summed E-state index contributed by atoms with van der Waals surface area (Å²) in [5, 5.41) is 91.1. The molecule has 0 bridgehead atoms. The summed E-state index contributed by atoms with van der Waals surface area (Å²) in [6.07, 6.45) is -11.3. The molecule has 1 saturated heterocycles. The normalized spacial score (nSPS) is 25.3. The van der Waals surface area contributed by atoms with Crippen molar-refractivity contribution in [3.05, 3.63) is 39.4 Å². The summed E-state index contributed by atoms with van der Waals surface area (Å²) < 4.78 is 10.0. The molecule has 1 unspecified atom stereocenters. The van der Waals surface area contributed by atoms with E-state index in [0.29, 0.717) is 6.07 Å². The third-order valence-corrected chi connectivity index (χ3v) is 6.24. The van der Waals surface area contributed by atoms with E-state index in [2.05, 4.69) is 4.74 Å². The van der Waals surface area contributed by atoms with Crippen LogP contribution in [0.3, 0.4) is 0 Å².